The van der Waals surface area contributed by atoms with Crippen molar-refractivity contribution in [2.45, 2.75) is 65.7 Å². The number of rotatable bonds is 3. The molecule has 1 unspecified atom stereocenters. The molecule has 1 atom stereocenters. The van der Waals surface area contributed by atoms with Gasteiger partial charge in [0.05, 0.1) is 5.69 Å². The second kappa shape index (κ2) is 8.69. The van der Waals surface area contributed by atoms with Crippen molar-refractivity contribution < 1.29 is 0 Å². The maximum atomic E-state index is 4.90. The fourth-order valence-corrected chi connectivity index (χ4v) is 4.43. The lowest BCUT2D eigenvalue weighted by molar-refractivity contribution is 0.430. The first kappa shape index (κ1) is 19.6. The van der Waals surface area contributed by atoms with Crippen LogP contribution in [-0.2, 0) is 0 Å². The predicted molar refractivity (Wildman–Crippen MR) is 119 cm³/mol. The van der Waals surface area contributed by atoms with E-state index < -0.39 is 0 Å². The smallest absolute Gasteiger partial charge is 0.0677 e. The second-order valence-electron chi connectivity index (χ2n) is 7.73. The molecule has 0 aromatic heterocycles. The van der Waals surface area contributed by atoms with E-state index in [4.69, 9.17) is 4.99 Å². The van der Waals surface area contributed by atoms with E-state index in [1.165, 1.54) is 65.6 Å². The van der Waals surface area contributed by atoms with E-state index in [1.54, 1.807) is 0 Å². The van der Waals surface area contributed by atoms with Gasteiger partial charge in [0.1, 0.15) is 0 Å². The van der Waals surface area contributed by atoms with Crippen molar-refractivity contribution in [2.75, 3.05) is 0 Å². The summed E-state index contributed by atoms with van der Waals surface area (Å²) in [6, 6.07) is 15.7. The van der Waals surface area contributed by atoms with Crippen LogP contribution < -0.4 is 0 Å². The summed E-state index contributed by atoms with van der Waals surface area (Å²) in [5.74, 6) is 0.957. The van der Waals surface area contributed by atoms with Crippen LogP contribution >= 0.6 is 0 Å². The first-order chi connectivity index (χ1) is 13.1. The number of aliphatic imine (C=N–C) groups is 1. The molecule has 1 fully saturated rings. The summed E-state index contributed by atoms with van der Waals surface area (Å²) >= 11 is 0. The SMILES string of the molecule is C=C(c1ccc2c(c1)N=C(C)C2c1ccc(C)cc1)C1CCCCC1.CC. The summed E-state index contributed by atoms with van der Waals surface area (Å²) in [7, 11) is 0. The highest BCUT2D eigenvalue weighted by molar-refractivity contribution is 5.99. The molecule has 1 aliphatic carbocycles. The number of hydrogen-bond acceptors (Lipinski definition) is 1. The molecule has 0 N–H and O–H groups in total. The molecule has 0 saturated heterocycles. The largest absolute Gasteiger partial charge is 0.257 e. The summed E-state index contributed by atoms with van der Waals surface area (Å²) in [4.78, 5) is 4.90. The Hall–Kier alpha value is -2.15. The van der Waals surface area contributed by atoms with Crippen LogP contribution in [0.4, 0.5) is 5.69 Å². The minimum absolute atomic E-state index is 0.299. The first-order valence-electron chi connectivity index (χ1n) is 10.6. The fraction of sp³-hybridized carbons (Fsp3) is 0.423. The summed E-state index contributed by atoms with van der Waals surface area (Å²) in [5.41, 5.74) is 8.90. The zero-order valence-electron chi connectivity index (χ0n) is 17.4. The summed E-state index contributed by atoms with van der Waals surface area (Å²) < 4.78 is 0. The number of allylic oxidation sites excluding steroid dienone is 1. The van der Waals surface area contributed by atoms with Crippen molar-refractivity contribution in [3.05, 3.63) is 71.3 Å². The van der Waals surface area contributed by atoms with Gasteiger partial charge in [0, 0.05) is 11.6 Å². The maximum Gasteiger partial charge on any atom is 0.0677 e. The van der Waals surface area contributed by atoms with Gasteiger partial charge in [-0.25, -0.2) is 0 Å². The van der Waals surface area contributed by atoms with Crippen LogP contribution in [0.2, 0.25) is 0 Å². The van der Waals surface area contributed by atoms with Crippen LogP contribution in [0.5, 0.6) is 0 Å². The number of nitrogens with zero attached hydrogens (tertiary/aromatic N) is 1. The highest BCUT2D eigenvalue weighted by Crippen LogP contribution is 2.42. The predicted octanol–water partition coefficient (Wildman–Crippen LogP) is 7.85. The molecular formula is C26H33N. The third-order valence-corrected chi connectivity index (χ3v) is 5.94. The minimum atomic E-state index is 0.299. The van der Waals surface area contributed by atoms with E-state index >= 15 is 0 Å². The molecule has 0 radical (unpaired) electrons. The zero-order valence-corrected chi connectivity index (χ0v) is 17.4. The molecule has 0 spiro atoms. The second-order valence-corrected chi connectivity index (χ2v) is 7.73. The molecular weight excluding hydrogens is 326 g/mol. The van der Waals surface area contributed by atoms with Gasteiger partial charge in [-0.05, 0) is 60.9 Å². The number of aryl methyl sites for hydroxylation is 1. The van der Waals surface area contributed by atoms with E-state index in [1.807, 2.05) is 13.8 Å². The summed E-state index contributed by atoms with van der Waals surface area (Å²) in [6.07, 6.45) is 6.67. The Morgan fingerprint density at radius 1 is 0.926 bits per heavy atom. The van der Waals surface area contributed by atoms with Gasteiger partial charge in [-0.15, -0.1) is 0 Å². The molecule has 0 bridgehead atoms. The molecule has 142 valence electrons. The molecule has 1 nitrogen and oxygen atoms in total. The zero-order chi connectivity index (χ0) is 19.4. The Morgan fingerprint density at radius 3 is 2.26 bits per heavy atom. The Morgan fingerprint density at radius 2 is 1.59 bits per heavy atom. The van der Waals surface area contributed by atoms with Crippen LogP contribution in [-0.4, -0.2) is 5.71 Å². The van der Waals surface area contributed by atoms with Gasteiger partial charge in [-0.3, -0.25) is 4.99 Å². The number of hydrogen-bond donors (Lipinski definition) is 0. The average molecular weight is 360 g/mol. The molecule has 1 heteroatoms. The molecule has 2 aromatic carbocycles. The molecule has 0 amide bonds. The average Bonchev–Trinajstić information content (AvgIpc) is 3.05. The first-order valence-corrected chi connectivity index (χ1v) is 10.6. The van der Waals surface area contributed by atoms with Gasteiger partial charge in [0.25, 0.3) is 0 Å². The molecule has 2 aromatic rings. The third kappa shape index (κ3) is 4.08. The molecule has 1 saturated carbocycles. The fourth-order valence-electron chi connectivity index (χ4n) is 4.43. The van der Waals surface area contributed by atoms with E-state index in [9.17, 15) is 0 Å². The van der Waals surface area contributed by atoms with Crippen LogP contribution in [0.3, 0.4) is 0 Å². The molecule has 1 aliphatic heterocycles. The van der Waals surface area contributed by atoms with Crippen molar-refractivity contribution in [1.82, 2.24) is 0 Å². The lowest BCUT2D eigenvalue weighted by atomic mass is 9.81. The quantitative estimate of drug-likeness (QED) is 0.529. The Kier molecular flexibility index (Phi) is 6.31. The van der Waals surface area contributed by atoms with E-state index in [-0.39, 0.29) is 0 Å². The van der Waals surface area contributed by atoms with Crippen molar-refractivity contribution >= 4 is 17.0 Å². The Labute approximate surface area is 165 Å². The van der Waals surface area contributed by atoms with Crippen molar-refractivity contribution in [3.8, 4) is 0 Å². The lowest BCUT2D eigenvalue weighted by Gasteiger charge is -2.24. The molecule has 27 heavy (non-hydrogen) atoms. The minimum Gasteiger partial charge on any atom is -0.257 e. The summed E-state index contributed by atoms with van der Waals surface area (Å²) in [5, 5.41) is 0. The van der Waals surface area contributed by atoms with Crippen LogP contribution in [0.25, 0.3) is 5.57 Å². The number of benzene rings is 2. The van der Waals surface area contributed by atoms with Gasteiger partial charge in [-0.2, -0.15) is 0 Å². The van der Waals surface area contributed by atoms with E-state index in [0.29, 0.717) is 11.8 Å². The Balaban J connectivity index is 0.00000102. The topological polar surface area (TPSA) is 12.4 Å². The van der Waals surface area contributed by atoms with Gasteiger partial charge in [0.2, 0.25) is 0 Å². The van der Waals surface area contributed by atoms with Gasteiger partial charge in [-0.1, -0.05) is 81.7 Å². The number of fused-ring (bicyclic) bond motifs is 1. The Bertz CT molecular complexity index is 820. The highest BCUT2D eigenvalue weighted by Gasteiger charge is 2.27. The molecule has 2 aliphatic rings. The van der Waals surface area contributed by atoms with Gasteiger partial charge in [0.15, 0.2) is 0 Å². The normalized spacial score (nSPS) is 19.0. The van der Waals surface area contributed by atoms with Crippen molar-refractivity contribution in [3.63, 3.8) is 0 Å². The maximum absolute atomic E-state index is 4.90. The van der Waals surface area contributed by atoms with Crippen LogP contribution in [0.15, 0.2) is 54.0 Å². The van der Waals surface area contributed by atoms with E-state index in [0.717, 1.165) is 5.69 Å². The monoisotopic (exact) mass is 359 g/mol. The van der Waals surface area contributed by atoms with Gasteiger partial charge >= 0.3 is 0 Å². The van der Waals surface area contributed by atoms with Crippen molar-refractivity contribution in [2.24, 2.45) is 10.9 Å². The van der Waals surface area contributed by atoms with Crippen LogP contribution in [0, 0.1) is 12.8 Å². The van der Waals surface area contributed by atoms with Crippen molar-refractivity contribution in [1.29, 1.82) is 0 Å². The van der Waals surface area contributed by atoms with Crippen LogP contribution in [0.1, 0.15) is 81.0 Å². The highest BCUT2D eigenvalue weighted by atomic mass is 14.8. The summed E-state index contributed by atoms with van der Waals surface area (Å²) in [6.45, 7) is 12.7. The standard InChI is InChI=1S/C24H27N.C2H6/c1-16-9-11-20(12-10-16)24-18(3)25-23-15-21(13-14-22(23)24)17(2)19-7-5-4-6-8-19;1-2/h9-15,19,24H,2,4-8H2,1,3H3;1-2H3. The lowest BCUT2D eigenvalue weighted by Crippen LogP contribution is -2.08. The molecule has 4 rings (SSSR count). The molecule has 1 heterocycles. The van der Waals surface area contributed by atoms with E-state index in [2.05, 4.69) is 62.9 Å². The third-order valence-electron chi connectivity index (χ3n) is 5.94. The van der Waals surface area contributed by atoms with Gasteiger partial charge < -0.3 is 0 Å².